The van der Waals surface area contributed by atoms with Gasteiger partial charge in [-0.15, -0.1) is 52.1 Å². The highest BCUT2D eigenvalue weighted by molar-refractivity contribution is 6.52. The molecule has 0 nitrogen and oxygen atoms in total. The average molecular weight is 310 g/mol. The van der Waals surface area contributed by atoms with Crippen molar-refractivity contribution in [2.45, 2.75) is 34.2 Å². The van der Waals surface area contributed by atoms with Crippen molar-refractivity contribution < 1.29 is 0 Å². The number of hydrogen-bond acceptors (Lipinski definition) is 0. The predicted molar refractivity (Wildman–Crippen MR) is 76.3 cm³/mol. The van der Waals surface area contributed by atoms with Crippen molar-refractivity contribution in [1.82, 2.24) is 0 Å². The molecule has 0 spiro atoms. The molecule has 0 unspecified atom stereocenters. The number of halogens is 4. The first-order valence-electron chi connectivity index (χ1n) is 4.84. The van der Waals surface area contributed by atoms with Gasteiger partial charge in [-0.2, -0.15) is 0 Å². The van der Waals surface area contributed by atoms with E-state index in [1.54, 1.807) is 0 Å². The van der Waals surface area contributed by atoms with Crippen molar-refractivity contribution in [3.63, 3.8) is 0 Å². The summed E-state index contributed by atoms with van der Waals surface area (Å²) in [6.07, 6.45) is 3.43. The molecule has 0 N–H and O–H groups in total. The molecule has 0 aromatic rings. The maximum atomic E-state index is 5.63. The molecule has 0 radical (unpaired) electrons. The lowest BCUT2D eigenvalue weighted by Crippen LogP contribution is -1.95. The lowest BCUT2D eigenvalue weighted by molar-refractivity contribution is 1.18. The van der Waals surface area contributed by atoms with Gasteiger partial charge >= 0.3 is 0 Å². The van der Waals surface area contributed by atoms with E-state index in [1.165, 1.54) is 12.5 Å². The van der Waals surface area contributed by atoms with Gasteiger partial charge in [0.15, 0.2) is 0 Å². The zero-order valence-corrected chi connectivity index (χ0v) is 13.9. The Bertz CT molecular complexity index is 150. The third kappa shape index (κ3) is 13.3. The number of hydrogen-bond donors (Lipinski definition) is 0. The zero-order chi connectivity index (χ0) is 10.8. The normalized spacial score (nSPS) is 13.9. The first kappa shape index (κ1) is 15.3. The van der Waals surface area contributed by atoms with Gasteiger partial charge in [-0.25, -0.2) is 0 Å². The van der Waals surface area contributed by atoms with Gasteiger partial charge in [0.2, 0.25) is 0 Å². The Balaban J connectivity index is 3.11. The summed E-state index contributed by atoms with van der Waals surface area (Å²) in [5, 5.41) is 0. The van der Waals surface area contributed by atoms with Crippen molar-refractivity contribution in [1.29, 1.82) is 0 Å². The van der Waals surface area contributed by atoms with Crippen molar-refractivity contribution in [2.24, 2.45) is 0 Å². The van der Waals surface area contributed by atoms with Crippen molar-refractivity contribution in [3.8, 4) is 0 Å². The highest BCUT2D eigenvalue weighted by Gasteiger charge is 1.97. The fourth-order valence-corrected chi connectivity index (χ4v) is 4.74. The molecule has 0 bridgehead atoms. The monoisotopic (exact) mass is 308 g/mol. The van der Waals surface area contributed by atoms with E-state index in [4.69, 9.17) is 46.4 Å². The Kier molecular flexibility index (Phi) is 11.9. The summed E-state index contributed by atoms with van der Waals surface area (Å²) in [7, 11) is -0.205. The van der Waals surface area contributed by atoms with Gasteiger partial charge in [0.1, 0.15) is 9.67 Å². The van der Waals surface area contributed by atoms with Gasteiger partial charge in [-0.05, 0) is 18.5 Å². The second-order valence-corrected chi connectivity index (χ2v) is 9.29. The molecular formula is C8H16Cl4Si2. The quantitative estimate of drug-likeness (QED) is 0.367. The summed E-state index contributed by atoms with van der Waals surface area (Å²) < 4.78 is 0. The van der Waals surface area contributed by atoms with Crippen LogP contribution in [0.5, 0.6) is 0 Å². The van der Waals surface area contributed by atoms with Crippen LogP contribution in [0.3, 0.4) is 0 Å². The summed E-state index contributed by atoms with van der Waals surface area (Å²) in [4.78, 5) is -0.317. The summed E-state index contributed by atoms with van der Waals surface area (Å²) in [5.74, 6) is 0. The van der Waals surface area contributed by atoms with Crippen LogP contribution in [0, 0.1) is 0 Å². The van der Waals surface area contributed by atoms with E-state index in [-0.39, 0.29) is 28.7 Å². The number of alkyl halides is 4. The molecule has 0 atom stereocenters. The lowest BCUT2D eigenvalue weighted by Gasteiger charge is -1.97. The molecule has 0 rings (SSSR count). The maximum Gasteiger partial charge on any atom is 0.105 e. The number of rotatable bonds is 8. The molecule has 14 heavy (non-hydrogen) atoms. The molecule has 0 aromatic carbocycles. The second kappa shape index (κ2) is 10.8. The van der Waals surface area contributed by atoms with Gasteiger partial charge in [0.25, 0.3) is 0 Å². The Morgan fingerprint density at radius 1 is 1.00 bits per heavy atom. The van der Waals surface area contributed by atoms with Crippen LogP contribution in [0.1, 0.15) is 6.42 Å². The van der Waals surface area contributed by atoms with Crippen molar-refractivity contribution >= 4 is 65.4 Å². The van der Waals surface area contributed by atoms with Crippen LogP contribution in [0.4, 0.5) is 0 Å². The van der Waals surface area contributed by atoms with E-state index in [0.29, 0.717) is 0 Å². The Morgan fingerprint density at radius 2 is 1.64 bits per heavy atom. The van der Waals surface area contributed by atoms with E-state index in [2.05, 4.69) is 11.8 Å². The van der Waals surface area contributed by atoms with Gasteiger partial charge in [-0.1, -0.05) is 12.1 Å². The minimum Gasteiger partial charge on any atom is -0.106 e. The van der Waals surface area contributed by atoms with E-state index < -0.39 is 0 Å². The molecule has 0 fully saturated rings. The Labute approximate surface area is 111 Å². The van der Waals surface area contributed by atoms with Crippen LogP contribution < -0.4 is 0 Å². The number of allylic oxidation sites excluding steroid dienone is 1. The summed E-state index contributed by atoms with van der Waals surface area (Å²) in [6, 6.07) is 3.30. The third-order valence-corrected chi connectivity index (χ3v) is 7.57. The van der Waals surface area contributed by atoms with Gasteiger partial charge in [-0.3, -0.25) is 0 Å². The lowest BCUT2D eigenvalue weighted by atomic mass is 10.5. The van der Waals surface area contributed by atoms with Gasteiger partial charge in [0.05, 0.1) is 0 Å². The highest BCUT2D eigenvalue weighted by atomic mass is 35.5. The zero-order valence-electron chi connectivity index (χ0n) is 8.06. The first-order valence-corrected chi connectivity index (χ1v) is 10.4. The maximum absolute atomic E-state index is 5.63. The summed E-state index contributed by atoms with van der Waals surface area (Å²) >= 11 is 22.5. The standard InChI is InChI=1S/C8H16Cl4Si2/c9-7(10)5-13-3-1-2-4-14-6-8(11)12/h1,3,7-8H,2,4-6,13-14H2. The molecule has 6 heteroatoms. The van der Waals surface area contributed by atoms with E-state index in [1.807, 2.05) is 0 Å². The minimum atomic E-state index is -0.172. The van der Waals surface area contributed by atoms with Crippen molar-refractivity contribution in [3.05, 3.63) is 11.8 Å². The molecule has 0 saturated carbocycles. The van der Waals surface area contributed by atoms with Crippen LogP contribution >= 0.6 is 46.4 Å². The molecule has 0 aliphatic heterocycles. The topological polar surface area (TPSA) is 0 Å². The summed E-state index contributed by atoms with van der Waals surface area (Å²) in [5.41, 5.74) is 2.28. The predicted octanol–water partition coefficient (Wildman–Crippen LogP) is 3.09. The smallest absolute Gasteiger partial charge is 0.105 e. The largest absolute Gasteiger partial charge is 0.106 e. The molecule has 0 aliphatic carbocycles. The molecule has 0 aliphatic rings. The molecule has 0 heterocycles. The Morgan fingerprint density at radius 3 is 2.21 bits per heavy atom. The molecular weight excluding hydrogens is 294 g/mol. The van der Waals surface area contributed by atoms with Crippen LogP contribution in [0.2, 0.25) is 18.1 Å². The van der Waals surface area contributed by atoms with E-state index in [9.17, 15) is 0 Å². The second-order valence-electron chi connectivity index (χ2n) is 3.12. The molecule has 0 aromatic heterocycles. The molecule has 0 amide bonds. The first-order chi connectivity index (χ1) is 6.63. The Hall–Kier alpha value is 1.33. The van der Waals surface area contributed by atoms with Crippen LogP contribution in [0.15, 0.2) is 11.8 Å². The molecule has 84 valence electrons. The minimum absolute atomic E-state index is 0.0379. The fraction of sp³-hybridized carbons (Fsp3) is 0.750. The van der Waals surface area contributed by atoms with E-state index >= 15 is 0 Å². The van der Waals surface area contributed by atoms with E-state index in [0.717, 1.165) is 12.1 Å². The van der Waals surface area contributed by atoms with Gasteiger partial charge < -0.3 is 0 Å². The fourth-order valence-electron chi connectivity index (χ4n) is 1.02. The van der Waals surface area contributed by atoms with Crippen LogP contribution in [0.25, 0.3) is 0 Å². The van der Waals surface area contributed by atoms with Gasteiger partial charge in [0, 0.05) is 19.0 Å². The van der Waals surface area contributed by atoms with Crippen LogP contribution in [-0.4, -0.2) is 28.7 Å². The summed E-state index contributed by atoms with van der Waals surface area (Å²) in [6.45, 7) is 0. The third-order valence-electron chi connectivity index (χ3n) is 1.76. The SMILES string of the molecule is ClC(Cl)C[SiH2]C=CCC[SiH2]CC(Cl)Cl. The average Bonchev–Trinajstić information content (AvgIpc) is 2.08. The molecule has 0 saturated heterocycles. The highest BCUT2D eigenvalue weighted by Crippen LogP contribution is 2.09. The van der Waals surface area contributed by atoms with Crippen LogP contribution in [-0.2, 0) is 0 Å². The van der Waals surface area contributed by atoms with Crippen molar-refractivity contribution in [2.75, 3.05) is 0 Å².